The minimum Gasteiger partial charge on any atom is -0.497 e. The largest absolute Gasteiger partial charge is 0.497 e. The smallest absolute Gasteiger partial charge is 0.348 e. The molecule has 0 spiro atoms. The first-order valence-corrected chi connectivity index (χ1v) is 5.56. The Morgan fingerprint density at radius 3 is 2.83 bits per heavy atom. The van der Waals surface area contributed by atoms with Crippen molar-refractivity contribution in [2.24, 2.45) is 0 Å². The second-order valence-corrected chi connectivity index (χ2v) is 4.09. The summed E-state index contributed by atoms with van der Waals surface area (Å²) in [5.74, 6) is 0.679. The van der Waals surface area contributed by atoms with Gasteiger partial charge < -0.3 is 10.5 Å². The molecule has 94 valence electrons. The average Bonchev–Trinajstić information content (AvgIpc) is 2.32. The molecule has 0 saturated heterocycles. The third-order valence-corrected chi connectivity index (χ3v) is 2.59. The van der Waals surface area contributed by atoms with Crippen LogP contribution in [-0.4, -0.2) is 16.7 Å². The van der Waals surface area contributed by atoms with Gasteiger partial charge in [-0.1, -0.05) is 0 Å². The van der Waals surface area contributed by atoms with E-state index in [1.807, 2.05) is 12.1 Å². The van der Waals surface area contributed by atoms with Crippen molar-refractivity contribution in [3.8, 4) is 5.75 Å². The first-order chi connectivity index (χ1) is 8.58. The quantitative estimate of drug-likeness (QED) is 0.825. The molecule has 0 aliphatic carbocycles. The Kier molecular flexibility index (Phi) is 3.32. The summed E-state index contributed by atoms with van der Waals surface area (Å²) in [5.41, 5.74) is 7.72. The molecule has 0 aliphatic rings. The lowest BCUT2D eigenvalue weighted by Crippen LogP contribution is -2.23. The van der Waals surface area contributed by atoms with E-state index in [1.54, 1.807) is 32.4 Å². The van der Waals surface area contributed by atoms with E-state index in [9.17, 15) is 4.79 Å². The van der Waals surface area contributed by atoms with E-state index in [1.165, 1.54) is 4.57 Å². The summed E-state index contributed by atoms with van der Waals surface area (Å²) in [7, 11) is 1.58. The number of benzene rings is 1. The van der Waals surface area contributed by atoms with Gasteiger partial charge in [0, 0.05) is 23.6 Å². The molecule has 5 nitrogen and oxygen atoms in total. The number of rotatable bonds is 3. The standard InChI is InChI=1S/C13H15N3O2/c1-9-3-4-16(13(17)15-9)8-10-5-11(14)7-12(6-10)18-2/h3-7H,8,14H2,1-2H3. The molecule has 1 aromatic heterocycles. The second-order valence-electron chi connectivity index (χ2n) is 4.09. The first-order valence-electron chi connectivity index (χ1n) is 5.56. The van der Waals surface area contributed by atoms with Crippen LogP contribution in [0.5, 0.6) is 5.75 Å². The SMILES string of the molecule is COc1cc(N)cc(Cn2ccc(C)nc2=O)c1. The summed E-state index contributed by atoms with van der Waals surface area (Å²) in [6.07, 6.45) is 1.72. The third kappa shape index (κ3) is 2.68. The zero-order valence-electron chi connectivity index (χ0n) is 10.4. The molecule has 18 heavy (non-hydrogen) atoms. The Bertz CT molecular complexity index is 620. The van der Waals surface area contributed by atoms with Gasteiger partial charge >= 0.3 is 5.69 Å². The molecule has 5 heteroatoms. The number of aromatic nitrogens is 2. The lowest BCUT2D eigenvalue weighted by atomic mass is 10.2. The van der Waals surface area contributed by atoms with E-state index < -0.39 is 0 Å². The first kappa shape index (κ1) is 12.2. The van der Waals surface area contributed by atoms with Gasteiger partial charge in [0.25, 0.3) is 0 Å². The zero-order chi connectivity index (χ0) is 13.1. The lowest BCUT2D eigenvalue weighted by molar-refractivity contribution is 0.414. The summed E-state index contributed by atoms with van der Waals surface area (Å²) < 4.78 is 6.67. The molecule has 0 fully saturated rings. The number of anilines is 1. The number of hydrogen-bond donors (Lipinski definition) is 1. The van der Waals surface area contributed by atoms with Gasteiger partial charge in [0.15, 0.2) is 0 Å². The molecule has 2 N–H and O–H groups in total. The summed E-state index contributed by atoms with van der Waals surface area (Å²) >= 11 is 0. The fraction of sp³-hybridized carbons (Fsp3) is 0.231. The van der Waals surface area contributed by atoms with Crippen molar-refractivity contribution in [3.63, 3.8) is 0 Å². The molecule has 1 aromatic carbocycles. The predicted octanol–water partition coefficient (Wildman–Crippen LogP) is 1.19. The van der Waals surface area contributed by atoms with Crippen LogP contribution in [-0.2, 0) is 6.54 Å². The average molecular weight is 245 g/mol. The molecule has 0 amide bonds. The van der Waals surface area contributed by atoms with Gasteiger partial charge in [-0.05, 0) is 30.7 Å². The maximum Gasteiger partial charge on any atom is 0.348 e. The van der Waals surface area contributed by atoms with Gasteiger partial charge in [-0.3, -0.25) is 4.57 Å². The summed E-state index contributed by atoms with van der Waals surface area (Å²) in [6, 6.07) is 7.20. The van der Waals surface area contributed by atoms with E-state index >= 15 is 0 Å². The van der Waals surface area contributed by atoms with E-state index in [4.69, 9.17) is 10.5 Å². The number of aryl methyl sites for hydroxylation is 1. The van der Waals surface area contributed by atoms with Gasteiger partial charge in [0.05, 0.1) is 13.7 Å². The highest BCUT2D eigenvalue weighted by Crippen LogP contribution is 2.18. The van der Waals surface area contributed by atoms with Crippen LogP contribution in [0.1, 0.15) is 11.3 Å². The number of nitrogens with zero attached hydrogens (tertiary/aromatic N) is 2. The highest BCUT2D eigenvalue weighted by atomic mass is 16.5. The molecule has 2 rings (SSSR count). The van der Waals surface area contributed by atoms with Gasteiger partial charge in [-0.15, -0.1) is 0 Å². The Hall–Kier alpha value is -2.30. The molecule has 0 bridgehead atoms. The van der Waals surface area contributed by atoms with Crippen LogP contribution in [0.2, 0.25) is 0 Å². The van der Waals surface area contributed by atoms with Gasteiger partial charge in [0.1, 0.15) is 5.75 Å². The van der Waals surface area contributed by atoms with Crippen molar-refractivity contribution >= 4 is 5.69 Å². The zero-order valence-corrected chi connectivity index (χ0v) is 10.4. The molecule has 1 heterocycles. The number of nitrogen functional groups attached to an aromatic ring is 1. The maximum atomic E-state index is 11.7. The number of hydrogen-bond acceptors (Lipinski definition) is 4. The Morgan fingerprint density at radius 1 is 1.39 bits per heavy atom. The number of nitrogens with two attached hydrogens (primary N) is 1. The van der Waals surface area contributed by atoms with Crippen LogP contribution < -0.4 is 16.2 Å². The van der Waals surface area contributed by atoms with Gasteiger partial charge in [-0.2, -0.15) is 4.98 Å². The molecule has 2 aromatic rings. The van der Waals surface area contributed by atoms with Crippen molar-refractivity contribution in [1.29, 1.82) is 0 Å². The van der Waals surface area contributed by atoms with Crippen molar-refractivity contribution in [3.05, 3.63) is 52.2 Å². The lowest BCUT2D eigenvalue weighted by Gasteiger charge is -2.08. The fourth-order valence-corrected chi connectivity index (χ4v) is 1.73. The minimum absolute atomic E-state index is 0.267. The molecule has 0 saturated carbocycles. The maximum absolute atomic E-state index is 11.7. The van der Waals surface area contributed by atoms with E-state index in [2.05, 4.69) is 4.98 Å². The molecular formula is C13H15N3O2. The van der Waals surface area contributed by atoms with Crippen LogP contribution >= 0.6 is 0 Å². The van der Waals surface area contributed by atoms with Crippen LogP contribution in [0.25, 0.3) is 0 Å². The van der Waals surface area contributed by atoms with E-state index in [0.717, 1.165) is 5.56 Å². The Balaban J connectivity index is 2.33. The molecule has 0 aliphatic heterocycles. The fourth-order valence-electron chi connectivity index (χ4n) is 1.73. The van der Waals surface area contributed by atoms with Crippen LogP contribution in [0.3, 0.4) is 0 Å². The van der Waals surface area contributed by atoms with Crippen molar-refractivity contribution in [2.45, 2.75) is 13.5 Å². The number of methoxy groups -OCH3 is 1. The second kappa shape index (κ2) is 4.91. The summed E-state index contributed by atoms with van der Waals surface area (Å²) in [4.78, 5) is 15.6. The number of ether oxygens (including phenoxy) is 1. The van der Waals surface area contributed by atoms with Crippen molar-refractivity contribution in [2.75, 3.05) is 12.8 Å². The third-order valence-electron chi connectivity index (χ3n) is 2.59. The van der Waals surface area contributed by atoms with E-state index in [0.29, 0.717) is 23.7 Å². The van der Waals surface area contributed by atoms with Crippen molar-refractivity contribution in [1.82, 2.24) is 9.55 Å². The molecule has 0 atom stereocenters. The minimum atomic E-state index is -0.267. The monoisotopic (exact) mass is 245 g/mol. The van der Waals surface area contributed by atoms with Crippen molar-refractivity contribution < 1.29 is 4.74 Å². The highest BCUT2D eigenvalue weighted by molar-refractivity contribution is 5.47. The summed E-state index contributed by atoms with van der Waals surface area (Å²) in [6.45, 7) is 2.21. The Labute approximate surface area is 105 Å². The highest BCUT2D eigenvalue weighted by Gasteiger charge is 2.02. The Morgan fingerprint density at radius 2 is 2.17 bits per heavy atom. The van der Waals surface area contributed by atoms with Crippen LogP contribution in [0.15, 0.2) is 35.3 Å². The van der Waals surface area contributed by atoms with Gasteiger partial charge in [0.2, 0.25) is 0 Å². The predicted molar refractivity (Wildman–Crippen MR) is 69.7 cm³/mol. The van der Waals surface area contributed by atoms with Gasteiger partial charge in [-0.25, -0.2) is 4.79 Å². The molecule has 0 radical (unpaired) electrons. The van der Waals surface area contributed by atoms with Crippen LogP contribution in [0, 0.1) is 6.92 Å². The molecule has 0 unspecified atom stereocenters. The topological polar surface area (TPSA) is 70.1 Å². The van der Waals surface area contributed by atoms with E-state index in [-0.39, 0.29) is 5.69 Å². The molecular weight excluding hydrogens is 230 g/mol. The normalized spacial score (nSPS) is 10.3. The summed E-state index contributed by atoms with van der Waals surface area (Å²) in [5, 5.41) is 0. The van der Waals surface area contributed by atoms with Crippen LogP contribution in [0.4, 0.5) is 5.69 Å².